The Kier molecular flexibility index (Phi) is 11.2. The lowest BCUT2D eigenvalue weighted by atomic mass is 9.87. The standard InChI is InChI=1S/C34H39Cl2F3N6O5/c35-26-16-29(40-32(47)31-25-3-1-2-4-28(25)41-42-31)27(36)13-21(26)14-30(46)45-17-22(44-11-9-43(10-12-44)19-34(37,38)39)15-23(45)18-50-24-7-5-20(6-8-24)33(48)49/h1-4,13,16,20,22-24H,5-12,14-15,17-19H2,(H,40,47)(H,41,42)(H,48,49)/t20?,22-,23-,24?/m0/s1. The molecule has 1 saturated carbocycles. The van der Waals surface area contributed by atoms with Gasteiger partial charge in [0.05, 0.1) is 53.9 Å². The fourth-order valence-corrected chi connectivity index (χ4v) is 7.75. The highest BCUT2D eigenvalue weighted by Crippen LogP contribution is 2.33. The van der Waals surface area contributed by atoms with Gasteiger partial charge < -0.3 is 20.1 Å². The Balaban J connectivity index is 1.12. The smallest absolute Gasteiger partial charge is 0.401 e. The molecule has 2 atom stereocenters. The summed E-state index contributed by atoms with van der Waals surface area (Å²) in [4.78, 5) is 43.6. The lowest BCUT2D eigenvalue weighted by Crippen LogP contribution is -2.52. The molecule has 0 bridgehead atoms. The minimum Gasteiger partial charge on any atom is -0.481 e. The summed E-state index contributed by atoms with van der Waals surface area (Å²) >= 11 is 13.2. The number of ether oxygens (including phenoxy) is 1. The molecule has 0 unspecified atom stereocenters. The maximum Gasteiger partial charge on any atom is 0.401 e. The third kappa shape index (κ3) is 8.71. The van der Waals surface area contributed by atoms with E-state index in [1.54, 1.807) is 29.2 Å². The van der Waals surface area contributed by atoms with Gasteiger partial charge in [0, 0.05) is 49.2 Å². The number of aromatic nitrogens is 2. The number of anilines is 1. The summed E-state index contributed by atoms with van der Waals surface area (Å²) in [5.74, 6) is -1.86. The van der Waals surface area contributed by atoms with Gasteiger partial charge in [0.2, 0.25) is 5.91 Å². The highest BCUT2D eigenvalue weighted by Gasteiger charge is 2.41. The molecule has 3 heterocycles. The number of carboxylic acid groups (broad SMARTS) is 1. The van der Waals surface area contributed by atoms with Crippen LogP contribution in [0.1, 0.15) is 48.2 Å². The number of rotatable bonds is 10. The molecule has 0 radical (unpaired) electrons. The van der Waals surface area contributed by atoms with Gasteiger partial charge >= 0.3 is 12.1 Å². The number of piperazine rings is 1. The van der Waals surface area contributed by atoms with Crippen molar-refractivity contribution in [1.29, 1.82) is 0 Å². The number of aliphatic carboxylic acids is 1. The van der Waals surface area contributed by atoms with Gasteiger partial charge in [-0.15, -0.1) is 0 Å². The normalized spacial score (nSPS) is 23.7. The summed E-state index contributed by atoms with van der Waals surface area (Å²) in [5, 5.41) is 20.1. The zero-order valence-electron chi connectivity index (χ0n) is 27.2. The molecule has 1 aliphatic carbocycles. The SMILES string of the molecule is O=C(Nc1cc(Cl)c(CC(=O)N2C[C@@H](N3CCN(CC(F)(F)F)CC3)C[C@H]2COC2CCC(C(=O)O)CC2)cc1Cl)c1n[nH]c2ccccc12. The summed E-state index contributed by atoms with van der Waals surface area (Å²) in [6, 6.07) is 9.92. The number of hydrogen-bond acceptors (Lipinski definition) is 7. The van der Waals surface area contributed by atoms with Gasteiger partial charge in [-0.25, -0.2) is 0 Å². The fourth-order valence-electron chi connectivity index (χ4n) is 7.29. The van der Waals surface area contributed by atoms with Gasteiger partial charge in [-0.1, -0.05) is 41.4 Å². The number of carboxylic acids is 1. The van der Waals surface area contributed by atoms with Crippen molar-refractivity contribution in [2.24, 2.45) is 5.92 Å². The second-order valence-electron chi connectivity index (χ2n) is 13.3. The number of halogens is 5. The largest absolute Gasteiger partial charge is 0.481 e. The number of nitrogens with one attached hydrogen (secondary N) is 2. The lowest BCUT2D eigenvalue weighted by Gasteiger charge is -2.38. The van der Waals surface area contributed by atoms with Gasteiger partial charge in [0.1, 0.15) is 0 Å². The number of H-pyrrole nitrogens is 1. The van der Waals surface area contributed by atoms with Gasteiger partial charge in [-0.3, -0.25) is 29.3 Å². The van der Waals surface area contributed by atoms with Crippen LogP contribution in [0.4, 0.5) is 18.9 Å². The Morgan fingerprint density at radius 2 is 1.74 bits per heavy atom. The van der Waals surface area contributed by atoms with Crippen LogP contribution in [0.5, 0.6) is 0 Å². The number of benzene rings is 2. The van der Waals surface area contributed by atoms with Crippen LogP contribution in [0.2, 0.25) is 10.0 Å². The summed E-state index contributed by atoms with van der Waals surface area (Å²) in [5.41, 5.74) is 1.64. The quantitative estimate of drug-likeness (QED) is 0.250. The Bertz CT molecular complexity index is 1710. The van der Waals surface area contributed by atoms with Crippen LogP contribution >= 0.6 is 23.2 Å². The van der Waals surface area contributed by atoms with Gasteiger partial charge in [-0.2, -0.15) is 18.3 Å². The van der Waals surface area contributed by atoms with Gasteiger partial charge in [0.15, 0.2) is 5.69 Å². The van der Waals surface area contributed by atoms with Crippen LogP contribution < -0.4 is 5.32 Å². The second kappa shape index (κ2) is 15.4. The van der Waals surface area contributed by atoms with Gasteiger partial charge in [-0.05, 0) is 55.9 Å². The number of carbonyl (C=O) groups excluding carboxylic acids is 2. The van der Waals surface area contributed by atoms with E-state index in [0.717, 1.165) is 0 Å². The van der Waals surface area contributed by atoms with Crippen molar-refractivity contribution in [2.45, 2.75) is 62.9 Å². The summed E-state index contributed by atoms with van der Waals surface area (Å²) < 4.78 is 45.2. The highest BCUT2D eigenvalue weighted by molar-refractivity contribution is 6.36. The zero-order chi connectivity index (χ0) is 35.6. The van der Waals surface area contributed by atoms with E-state index in [1.165, 1.54) is 11.0 Å². The van der Waals surface area contributed by atoms with Crippen LogP contribution in [0, 0.1) is 5.92 Å². The molecule has 270 valence electrons. The molecular formula is C34H39Cl2F3N6O5. The van der Waals surface area contributed by atoms with Crippen LogP contribution in [0.3, 0.4) is 0 Å². The molecule has 2 aliphatic heterocycles. The number of para-hydroxylation sites is 1. The minimum atomic E-state index is -4.26. The van der Waals surface area contributed by atoms with E-state index < -0.39 is 24.6 Å². The fraction of sp³-hybridized carbons (Fsp3) is 0.529. The molecule has 6 rings (SSSR count). The molecule has 3 aromatic rings. The van der Waals surface area contributed by atoms with E-state index in [1.807, 2.05) is 6.07 Å². The van der Waals surface area contributed by atoms with Gasteiger partial charge in [0.25, 0.3) is 5.91 Å². The van der Waals surface area contributed by atoms with Crippen molar-refractivity contribution < 1.29 is 37.4 Å². The van der Waals surface area contributed by atoms with Crippen LogP contribution in [0.15, 0.2) is 36.4 Å². The average Bonchev–Trinajstić information content (AvgIpc) is 3.71. The Morgan fingerprint density at radius 3 is 2.44 bits per heavy atom. The molecule has 1 aromatic heterocycles. The van der Waals surface area contributed by atoms with Crippen molar-refractivity contribution in [3.8, 4) is 0 Å². The number of fused-ring (bicyclic) bond motifs is 1. The van der Waals surface area contributed by atoms with Crippen LogP contribution in [0.25, 0.3) is 10.9 Å². The molecule has 3 fully saturated rings. The first-order valence-corrected chi connectivity index (χ1v) is 17.5. The third-order valence-electron chi connectivity index (χ3n) is 10.00. The lowest BCUT2D eigenvalue weighted by molar-refractivity contribution is -0.150. The molecular weight excluding hydrogens is 700 g/mol. The number of nitrogens with zero attached hydrogens (tertiary/aromatic N) is 4. The van der Waals surface area contributed by atoms with Crippen molar-refractivity contribution in [2.75, 3.05) is 51.2 Å². The minimum absolute atomic E-state index is 0.0573. The zero-order valence-corrected chi connectivity index (χ0v) is 28.7. The number of aromatic amines is 1. The summed E-state index contributed by atoms with van der Waals surface area (Å²) in [7, 11) is 0. The Morgan fingerprint density at radius 1 is 1.02 bits per heavy atom. The van der Waals surface area contributed by atoms with E-state index in [0.29, 0.717) is 68.2 Å². The molecule has 16 heteroatoms. The third-order valence-corrected chi connectivity index (χ3v) is 10.7. The molecule has 2 saturated heterocycles. The van der Waals surface area contributed by atoms with Crippen LogP contribution in [-0.2, 0) is 20.7 Å². The first kappa shape index (κ1) is 36.4. The monoisotopic (exact) mass is 738 g/mol. The molecule has 3 N–H and O–H groups in total. The molecule has 3 aliphatic rings. The number of likely N-dealkylation sites (tertiary alicyclic amines) is 1. The molecule has 0 spiro atoms. The van der Waals surface area contributed by atoms with E-state index in [4.69, 9.17) is 27.9 Å². The molecule has 2 amide bonds. The van der Waals surface area contributed by atoms with E-state index in [-0.39, 0.29) is 77.6 Å². The van der Waals surface area contributed by atoms with E-state index in [9.17, 15) is 32.7 Å². The first-order chi connectivity index (χ1) is 23.8. The van der Waals surface area contributed by atoms with Crippen molar-refractivity contribution in [1.82, 2.24) is 24.9 Å². The molecule has 11 nitrogen and oxygen atoms in total. The number of carbonyl (C=O) groups is 3. The van der Waals surface area contributed by atoms with Crippen LogP contribution in [-0.4, -0.2) is 118 Å². The average molecular weight is 740 g/mol. The predicted octanol–water partition coefficient (Wildman–Crippen LogP) is 5.47. The Hall–Kier alpha value is -3.43. The number of alkyl halides is 3. The van der Waals surface area contributed by atoms with Crippen molar-refractivity contribution >= 4 is 57.6 Å². The number of amides is 2. The topological polar surface area (TPSA) is 131 Å². The Labute approximate surface area is 297 Å². The second-order valence-corrected chi connectivity index (χ2v) is 14.1. The van der Waals surface area contributed by atoms with E-state index in [2.05, 4.69) is 20.4 Å². The highest BCUT2D eigenvalue weighted by atomic mass is 35.5. The maximum absolute atomic E-state index is 13.9. The maximum atomic E-state index is 13.9. The predicted molar refractivity (Wildman–Crippen MR) is 182 cm³/mol. The summed E-state index contributed by atoms with van der Waals surface area (Å²) in [6.45, 7) is 1.19. The van der Waals surface area contributed by atoms with Crippen molar-refractivity contribution in [3.05, 3.63) is 57.7 Å². The van der Waals surface area contributed by atoms with Crippen molar-refractivity contribution in [3.63, 3.8) is 0 Å². The molecule has 50 heavy (non-hydrogen) atoms. The first-order valence-electron chi connectivity index (χ1n) is 16.7. The molecule has 2 aromatic carbocycles. The number of hydrogen-bond donors (Lipinski definition) is 3. The summed E-state index contributed by atoms with van der Waals surface area (Å²) in [6.07, 6.45) is -1.53. The van der Waals surface area contributed by atoms with E-state index >= 15 is 0 Å².